The van der Waals surface area contributed by atoms with Gasteiger partial charge >= 0.3 is 5.97 Å². The number of thioether (sulfide) groups is 1. The SMILES string of the molecule is CCOc1cc(/C=C2/SC(=O)N(CC(=O)O)C2=O)cc(Br)c1OCc1cccc2ccccc12. The lowest BCUT2D eigenvalue weighted by Crippen LogP contribution is -2.33. The molecule has 1 N–H and O–H groups in total. The molecule has 4 rings (SSSR count). The van der Waals surface area contributed by atoms with Crippen molar-refractivity contribution >= 4 is 61.7 Å². The van der Waals surface area contributed by atoms with Gasteiger partial charge in [0.05, 0.1) is 16.0 Å². The summed E-state index contributed by atoms with van der Waals surface area (Å²) in [6.07, 6.45) is 1.54. The second kappa shape index (κ2) is 10.3. The molecule has 174 valence electrons. The van der Waals surface area contributed by atoms with Crippen molar-refractivity contribution in [3.8, 4) is 11.5 Å². The fourth-order valence-corrected chi connectivity index (χ4v) is 4.98. The normalized spacial score (nSPS) is 14.8. The number of hydrogen-bond acceptors (Lipinski definition) is 6. The van der Waals surface area contributed by atoms with E-state index in [2.05, 4.69) is 15.9 Å². The number of fused-ring (bicyclic) bond motifs is 1. The number of ether oxygens (including phenoxy) is 2. The maximum atomic E-state index is 12.5. The second-order valence-electron chi connectivity index (χ2n) is 7.35. The molecule has 9 heteroatoms. The Labute approximate surface area is 208 Å². The van der Waals surface area contributed by atoms with Gasteiger partial charge in [0.25, 0.3) is 11.1 Å². The maximum Gasteiger partial charge on any atom is 0.323 e. The fraction of sp³-hybridized carbons (Fsp3) is 0.160. The van der Waals surface area contributed by atoms with Gasteiger partial charge < -0.3 is 14.6 Å². The van der Waals surface area contributed by atoms with Gasteiger partial charge in [-0.15, -0.1) is 0 Å². The first-order valence-corrected chi connectivity index (χ1v) is 12.0. The molecular formula is C25H20BrNO6S. The summed E-state index contributed by atoms with van der Waals surface area (Å²) < 4.78 is 12.6. The zero-order valence-electron chi connectivity index (χ0n) is 18.1. The molecule has 7 nitrogen and oxygen atoms in total. The number of carboxylic acids is 1. The number of nitrogens with zero attached hydrogens (tertiary/aromatic N) is 1. The molecule has 0 unspecified atom stereocenters. The first-order valence-electron chi connectivity index (χ1n) is 10.4. The average Bonchev–Trinajstić information content (AvgIpc) is 3.05. The van der Waals surface area contributed by atoms with Crippen LogP contribution in [0.3, 0.4) is 0 Å². The summed E-state index contributed by atoms with van der Waals surface area (Å²) in [7, 11) is 0. The van der Waals surface area contributed by atoms with Crippen LogP contribution in [0.25, 0.3) is 16.8 Å². The van der Waals surface area contributed by atoms with Crippen LogP contribution in [-0.2, 0) is 16.2 Å². The van der Waals surface area contributed by atoms with E-state index < -0.39 is 23.7 Å². The zero-order chi connectivity index (χ0) is 24.2. The van der Waals surface area contributed by atoms with Gasteiger partial charge in [-0.25, -0.2) is 0 Å². The number of carbonyl (C=O) groups excluding carboxylic acids is 2. The lowest BCUT2D eigenvalue weighted by atomic mass is 10.1. The van der Waals surface area contributed by atoms with Crippen LogP contribution in [0.5, 0.6) is 11.5 Å². The van der Waals surface area contributed by atoms with Gasteiger partial charge in [-0.2, -0.15) is 0 Å². The number of carboxylic acid groups (broad SMARTS) is 1. The highest BCUT2D eigenvalue weighted by Crippen LogP contribution is 2.40. The minimum absolute atomic E-state index is 0.144. The largest absolute Gasteiger partial charge is 0.490 e. The summed E-state index contributed by atoms with van der Waals surface area (Å²) >= 11 is 4.24. The number of carbonyl (C=O) groups is 3. The Morgan fingerprint density at radius 3 is 2.65 bits per heavy atom. The number of imide groups is 1. The van der Waals surface area contributed by atoms with Gasteiger partial charge in [0.15, 0.2) is 11.5 Å². The smallest absolute Gasteiger partial charge is 0.323 e. The van der Waals surface area contributed by atoms with E-state index in [1.54, 1.807) is 12.1 Å². The quantitative estimate of drug-likeness (QED) is 0.365. The van der Waals surface area contributed by atoms with Crippen LogP contribution < -0.4 is 9.47 Å². The van der Waals surface area contributed by atoms with Gasteiger partial charge in [-0.1, -0.05) is 42.5 Å². The van der Waals surface area contributed by atoms with E-state index >= 15 is 0 Å². The van der Waals surface area contributed by atoms with Crippen LogP contribution in [0.4, 0.5) is 4.79 Å². The summed E-state index contributed by atoms with van der Waals surface area (Å²) in [6, 6.07) is 17.6. The van der Waals surface area contributed by atoms with Gasteiger partial charge in [0.1, 0.15) is 13.2 Å². The number of benzene rings is 3. The van der Waals surface area contributed by atoms with Crippen molar-refractivity contribution in [1.82, 2.24) is 4.90 Å². The van der Waals surface area contributed by atoms with E-state index in [0.29, 0.717) is 51.4 Å². The molecule has 3 aromatic rings. The number of rotatable bonds is 8. The highest BCUT2D eigenvalue weighted by Gasteiger charge is 2.36. The van der Waals surface area contributed by atoms with E-state index in [1.807, 2.05) is 49.4 Å². The Hall–Kier alpha value is -3.30. The summed E-state index contributed by atoms with van der Waals surface area (Å²) in [6.45, 7) is 1.91. The van der Waals surface area contributed by atoms with Gasteiger partial charge in [0.2, 0.25) is 0 Å². The molecule has 34 heavy (non-hydrogen) atoms. The molecule has 0 atom stereocenters. The molecule has 1 saturated heterocycles. The van der Waals surface area contributed by atoms with Crippen LogP contribution in [-0.4, -0.2) is 40.3 Å². The molecule has 1 heterocycles. The molecule has 0 radical (unpaired) electrons. The molecule has 1 fully saturated rings. The number of amides is 2. The lowest BCUT2D eigenvalue weighted by molar-refractivity contribution is -0.140. The summed E-state index contributed by atoms with van der Waals surface area (Å²) in [5.41, 5.74) is 1.64. The lowest BCUT2D eigenvalue weighted by Gasteiger charge is -2.16. The van der Waals surface area contributed by atoms with Crippen molar-refractivity contribution in [3.05, 3.63) is 75.1 Å². The van der Waals surface area contributed by atoms with Crippen molar-refractivity contribution in [1.29, 1.82) is 0 Å². The second-order valence-corrected chi connectivity index (χ2v) is 9.20. The van der Waals surface area contributed by atoms with Crippen molar-refractivity contribution in [2.45, 2.75) is 13.5 Å². The van der Waals surface area contributed by atoms with Gasteiger partial charge in [-0.3, -0.25) is 19.3 Å². The number of hydrogen-bond donors (Lipinski definition) is 1. The third-order valence-corrected chi connectivity index (χ3v) is 6.54. The summed E-state index contributed by atoms with van der Waals surface area (Å²) in [5, 5.41) is 10.5. The topological polar surface area (TPSA) is 93.1 Å². The molecule has 1 aliphatic heterocycles. The van der Waals surface area contributed by atoms with E-state index in [4.69, 9.17) is 14.6 Å². The molecule has 0 aromatic heterocycles. The van der Waals surface area contributed by atoms with Crippen LogP contribution in [0, 0.1) is 0 Å². The van der Waals surface area contributed by atoms with Crippen molar-refractivity contribution in [2.75, 3.05) is 13.2 Å². The average molecular weight is 542 g/mol. The van der Waals surface area contributed by atoms with Crippen molar-refractivity contribution in [2.24, 2.45) is 0 Å². The number of halogens is 1. The van der Waals surface area contributed by atoms with Crippen LogP contribution in [0.15, 0.2) is 64.0 Å². The summed E-state index contributed by atoms with van der Waals surface area (Å²) in [4.78, 5) is 36.3. The van der Waals surface area contributed by atoms with E-state index in [-0.39, 0.29) is 4.91 Å². The minimum atomic E-state index is -1.25. The molecule has 0 spiro atoms. The zero-order valence-corrected chi connectivity index (χ0v) is 20.5. The monoisotopic (exact) mass is 541 g/mol. The van der Waals surface area contributed by atoms with Gasteiger partial charge in [-0.05, 0) is 74.7 Å². The fourth-order valence-electron chi connectivity index (χ4n) is 3.57. The molecule has 0 saturated carbocycles. The molecule has 0 bridgehead atoms. The van der Waals surface area contributed by atoms with Crippen molar-refractivity contribution in [3.63, 3.8) is 0 Å². The van der Waals surface area contributed by atoms with Crippen LogP contribution >= 0.6 is 27.7 Å². The van der Waals surface area contributed by atoms with E-state index in [9.17, 15) is 14.4 Å². The third-order valence-electron chi connectivity index (χ3n) is 5.05. The van der Waals surface area contributed by atoms with Gasteiger partial charge in [0, 0.05) is 0 Å². The number of aliphatic carboxylic acids is 1. The van der Waals surface area contributed by atoms with Crippen molar-refractivity contribution < 1.29 is 29.0 Å². The maximum absolute atomic E-state index is 12.5. The standard InChI is InChI=1S/C25H20BrNO6S/c1-2-32-20-11-15(12-21-24(30)27(13-22(28)29)25(31)34-21)10-19(26)23(20)33-14-17-8-5-7-16-6-3-4-9-18(16)17/h3-12H,2,13-14H2,1H3,(H,28,29)/b21-12+. The Balaban J connectivity index is 1.61. The van der Waals surface area contributed by atoms with Crippen LogP contribution in [0.2, 0.25) is 0 Å². The minimum Gasteiger partial charge on any atom is -0.490 e. The third kappa shape index (κ3) is 5.10. The molecule has 3 aromatic carbocycles. The first-order chi connectivity index (χ1) is 16.4. The molecule has 1 aliphatic rings. The molecular weight excluding hydrogens is 522 g/mol. The first kappa shape index (κ1) is 23.8. The molecule has 0 aliphatic carbocycles. The highest BCUT2D eigenvalue weighted by atomic mass is 79.9. The Bertz CT molecular complexity index is 1320. The summed E-state index contributed by atoms with van der Waals surface area (Å²) in [5.74, 6) is -0.889. The van der Waals surface area contributed by atoms with E-state index in [0.717, 1.165) is 16.3 Å². The van der Waals surface area contributed by atoms with Crippen LogP contribution in [0.1, 0.15) is 18.1 Å². The highest BCUT2D eigenvalue weighted by molar-refractivity contribution is 9.10. The van der Waals surface area contributed by atoms with E-state index in [1.165, 1.54) is 6.08 Å². The predicted octanol–water partition coefficient (Wildman–Crippen LogP) is 5.70. The molecule has 2 amide bonds. The Kier molecular flexibility index (Phi) is 7.23. The Morgan fingerprint density at radius 2 is 1.88 bits per heavy atom. The Morgan fingerprint density at radius 1 is 1.12 bits per heavy atom. The predicted molar refractivity (Wildman–Crippen MR) is 134 cm³/mol.